The summed E-state index contributed by atoms with van der Waals surface area (Å²) in [7, 11) is 1.36. The highest BCUT2D eigenvalue weighted by Gasteiger charge is 2.17. The first-order valence-corrected chi connectivity index (χ1v) is 6.90. The third kappa shape index (κ3) is 5.99. The SMILES string of the molecule is COc1cc(OCCCC(=O)OC(C)(C)C)ccc1[N+](=O)[O-]. The summed E-state index contributed by atoms with van der Waals surface area (Å²) in [5.41, 5.74) is -0.618. The molecule has 7 nitrogen and oxygen atoms in total. The Labute approximate surface area is 129 Å². The molecule has 0 fully saturated rings. The minimum absolute atomic E-state index is 0.122. The third-order valence-electron chi connectivity index (χ3n) is 2.56. The highest BCUT2D eigenvalue weighted by Crippen LogP contribution is 2.30. The molecule has 0 atom stereocenters. The molecule has 0 saturated carbocycles. The van der Waals surface area contributed by atoms with Crippen LogP contribution in [0.2, 0.25) is 0 Å². The molecule has 0 aliphatic heterocycles. The number of methoxy groups -OCH3 is 1. The van der Waals surface area contributed by atoms with Crippen molar-refractivity contribution in [1.29, 1.82) is 0 Å². The molecule has 1 aromatic carbocycles. The van der Waals surface area contributed by atoms with Crippen molar-refractivity contribution in [3.8, 4) is 11.5 Å². The van der Waals surface area contributed by atoms with Crippen LogP contribution in [0.4, 0.5) is 5.69 Å². The summed E-state index contributed by atoms with van der Waals surface area (Å²) in [5.74, 6) is 0.304. The Morgan fingerprint density at radius 3 is 2.55 bits per heavy atom. The van der Waals surface area contributed by atoms with E-state index >= 15 is 0 Å². The second-order valence-electron chi connectivity index (χ2n) is 5.63. The van der Waals surface area contributed by atoms with Crippen molar-refractivity contribution in [1.82, 2.24) is 0 Å². The van der Waals surface area contributed by atoms with Crippen molar-refractivity contribution in [2.75, 3.05) is 13.7 Å². The van der Waals surface area contributed by atoms with Crippen LogP contribution in [0.3, 0.4) is 0 Å². The Bertz CT molecular complexity index is 535. The molecule has 0 heterocycles. The van der Waals surface area contributed by atoms with Crippen molar-refractivity contribution in [2.24, 2.45) is 0 Å². The van der Waals surface area contributed by atoms with E-state index in [0.717, 1.165) is 0 Å². The van der Waals surface area contributed by atoms with Gasteiger partial charge in [-0.25, -0.2) is 0 Å². The van der Waals surface area contributed by atoms with Gasteiger partial charge in [0, 0.05) is 18.6 Å². The minimum Gasteiger partial charge on any atom is -0.493 e. The number of rotatable bonds is 7. The van der Waals surface area contributed by atoms with Gasteiger partial charge in [0.1, 0.15) is 11.4 Å². The van der Waals surface area contributed by atoms with Gasteiger partial charge >= 0.3 is 11.7 Å². The Kier molecular flexibility index (Phi) is 6.15. The van der Waals surface area contributed by atoms with E-state index in [-0.39, 0.29) is 23.8 Å². The lowest BCUT2D eigenvalue weighted by Gasteiger charge is -2.19. The molecule has 0 aliphatic rings. The summed E-state index contributed by atoms with van der Waals surface area (Å²) in [4.78, 5) is 21.8. The topological polar surface area (TPSA) is 87.9 Å². The number of hydrogen-bond donors (Lipinski definition) is 0. The van der Waals surface area contributed by atoms with Gasteiger partial charge in [-0.1, -0.05) is 0 Å². The van der Waals surface area contributed by atoms with Gasteiger partial charge in [-0.15, -0.1) is 0 Å². The molecular formula is C15H21NO6. The number of carbonyl (C=O) groups excluding carboxylic acids is 1. The lowest BCUT2D eigenvalue weighted by Crippen LogP contribution is -2.23. The molecule has 0 spiro atoms. The molecule has 0 aliphatic carbocycles. The van der Waals surface area contributed by atoms with Crippen molar-refractivity contribution in [3.63, 3.8) is 0 Å². The van der Waals surface area contributed by atoms with Crippen LogP contribution in [-0.2, 0) is 9.53 Å². The average molecular weight is 311 g/mol. The van der Waals surface area contributed by atoms with E-state index in [1.165, 1.54) is 25.3 Å². The maximum atomic E-state index is 11.5. The first-order chi connectivity index (χ1) is 10.2. The highest BCUT2D eigenvalue weighted by molar-refractivity contribution is 5.69. The summed E-state index contributed by atoms with van der Waals surface area (Å²) in [6.45, 7) is 5.74. The smallest absolute Gasteiger partial charge is 0.311 e. The maximum Gasteiger partial charge on any atom is 0.311 e. The van der Waals surface area contributed by atoms with Gasteiger partial charge < -0.3 is 14.2 Å². The van der Waals surface area contributed by atoms with Crippen LogP contribution < -0.4 is 9.47 Å². The fourth-order valence-corrected chi connectivity index (χ4v) is 1.70. The largest absolute Gasteiger partial charge is 0.493 e. The van der Waals surface area contributed by atoms with Crippen LogP contribution in [0.1, 0.15) is 33.6 Å². The van der Waals surface area contributed by atoms with E-state index in [4.69, 9.17) is 14.2 Å². The van der Waals surface area contributed by atoms with Gasteiger partial charge in [0.15, 0.2) is 0 Å². The Hall–Kier alpha value is -2.31. The number of benzene rings is 1. The molecule has 0 unspecified atom stereocenters. The predicted octanol–water partition coefficient (Wildman–Crippen LogP) is 3.10. The summed E-state index contributed by atoms with van der Waals surface area (Å²) in [6.07, 6.45) is 0.746. The second kappa shape index (κ2) is 7.63. The Balaban J connectivity index is 2.46. The number of nitro benzene ring substituents is 1. The molecule has 0 aromatic heterocycles. The Morgan fingerprint density at radius 2 is 2.00 bits per heavy atom. The number of ether oxygens (including phenoxy) is 3. The van der Waals surface area contributed by atoms with E-state index in [9.17, 15) is 14.9 Å². The first-order valence-electron chi connectivity index (χ1n) is 6.90. The molecular weight excluding hydrogens is 290 g/mol. The lowest BCUT2D eigenvalue weighted by molar-refractivity contribution is -0.385. The zero-order valence-corrected chi connectivity index (χ0v) is 13.3. The molecule has 0 bridgehead atoms. The normalized spacial score (nSPS) is 10.9. The number of esters is 1. The van der Waals surface area contributed by atoms with Crippen LogP contribution in [0, 0.1) is 10.1 Å². The quantitative estimate of drug-likeness (QED) is 0.333. The van der Waals surface area contributed by atoms with Crippen LogP contribution in [0.5, 0.6) is 11.5 Å². The molecule has 1 aromatic rings. The van der Waals surface area contributed by atoms with E-state index in [1.54, 1.807) is 0 Å². The fourth-order valence-electron chi connectivity index (χ4n) is 1.70. The van der Waals surface area contributed by atoms with Gasteiger partial charge in [0.05, 0.1) is 18.6 Å². The highest BCUT2D eigenvalue weighted by atomic mass is 16.6. The van der Waals surface area contributed by atoms with E-state index in [2.05, 4.69) is 0 Å². The second-order valence-corrected chi connectivity index (χ2v) is 5.63. The molecule has 7 heteroatoms. The minimum atomic E-state index is -0.523. The van der Waals surface area contributed by atoms with Crippen molar-refractivity contribution in [2.45, 2.75) is 39.2 Å². The van der Waals surface area contributed by atoms with Crippen molar-refractivity contribution in [3.05, 3.63) is 28.3 Å². The van der Waals surface area contributed by atoms with Crippen LogP contribution in [0.25, 0.3) is 0 Å². The molecule has 0 saturated heterocycles. The van der Waals surface area contributed by atoms with Gasteiger partial charge in [-0.3, -0.25) is 14.9 Å². The number of carbonyl (C=O) groups is 1. The van der Waals surface area contributed by atoms with Crippen LogP contribution in [0.15, 0.2) is 18.2 Å². The summed E-state index contributed by atoms with van der Waals surface area (Å²) in [5, 5.41) is 10.8. The zero-order valence-electron chi connectivity index (χ0n) is 13.3. The summed E-state index contributed by atoms with van der Waals surface area (Å²) < 4.78 is 15.6. The van der Waals surface area contributed by atoms with E-state index in [0.29, 0.717) is 18.8 Å². The van der Waals surface area contributed by atoms with Gasteiger partial charge in [-0.2, -0.15) is 0 Å². The fraction of sp³-hybridized carbons (Fsp3) is 0.533. The maximum absolute atomic E-state index is 11.5. The molecule has 22 heavy (non-hydrogen) atoms. The third-order valence-corrected chi connectivity index (χ3v) is 2.56. The zero-order chi connectivity index (χ0) is 16.8. The lowest BCUT2D eigenvalue weighted by atomic mass is 10.2. The first kappa shape index (κ1) is 17.7. The number of nitrogens with zero attached hydrogens (tertiary/aromatic N) is 1. The Morgan fingerprint density at radius 1 is 1.32 bits per heavy atom. The van der Waals surface area contributed by atoms with Crippen molar-refractivity contribution < 1.29 is 23.9 Å². The monoisotopic (exact) mass is 311 g/mol. The number of hydrogen-bond acceptors (Lipinski definition) is 6. The summed E-state index contributed by atoms with van der Waals surface area (Å²) >= 11 is 0. The van der Waals surface area contributed by atoms with Gasteiger partial charge in [-0.05, 0) is 33.3 Å². The van der Waals surface area contributed by atoms with Crippen LogP contribution in [-0.4, -0.2) is 30.2 Å². The number of nitro groups is 1. The molecule has 0 N–H and O–H groups in total. The average Bonchev–Trinajstić information content (AvgIpc) is 2.41. The standard InChI is InChI=1S/C15H21NO6/c1-15(2,3)22-14(17)6-5-9-21-11-7-8-12(16(18)19)13(10-11)20-4/h7-8,10H,5-6,9H2,1-4H3. The van der Waals surface area contributed by atoms with Crippen molar-refractivity contribution >= 4 is 11.7 Å². The van der Waals surface area contributed by atoms with Crippen LogP contribution >= 0.6 is 0 Å². The summed E-state index contributed by atoms with van der Waals surface area (Å²) in [6, 6.07) is 4.27. The van der Waals surface area contributed by atoms with Gasteiger partial charge in [0.25, 0.3) is 0 Å². The molecule has 122 valence electrons. The van der Waals surface area contributed by atoms with E-state index in [1.807, 2.05) is 20.8 Å². The van der Waals surface area contributed by atoms with Gasteiger partial charge in [0.2, 0.25) is 5.75 Å². The van der Waals surface area contributed by atoms with E-state index < -0.39 is 10.5 Å². The molecule has 0 amide bonds. The molecule has 0 radical (unpaired) electrons. The molecule has 1 rings (SSSR count). The predicted molar refractivity (Wildman–Crippen MR) is 80.2 cm³/mol.